The average Bonchev–Trinajstić information content (AvgIpc) is 2.30. The molecule has 0 atom stereocenters. The fourth-order valence-electron chi connectivity index (χ4n) is 1.68. The number of anilines is 1. The third kappa shape index (κ3) is 3.48. The van der Waals surface area contributed by atoms with Crippen molar-refractivity contribution in [1.29, 1.82) is 0 Å². The van der Waals surface area contributed by atoms with Crippen molar-refractivity contribution in [3.63, 3.8) is 0 Å². The molecule has 0 aliphatic heterocycles. The van der Waals surface area contributed by atoms with Gasteiger partial charge in [0.1, 0.15) is 6.54 Å². The van der Waals surface area contributed by atoms with Gasteiger partial charge in [0, 0.05) is 12.7 Å². The van der Waals surface area contributed by atoms with Crippen molar-refractivity contribution in [2.24, 2.45) is 0 Å². The summed E-state index contributed by atoms with van der Waals surface area (Å²) in [5.74, 6) is -1.03. The molecule has 5 heteroatoms. The molecule has 0 saturated heterocycles. The molecular formula is C13H18N2O3. The van der Waals surface area contributed by atoms with Crippen LogP contribution in [0.3, 0.4) is 0 Å². The minimum absolute atomic E-state index is 0.320. The molecule has 0 aliphatic rings. The summed E-state index contributed by atoms with van der Waals surface area (Å²) in [5, 5.41) is 11.4. The lowest BCUT2D eigenvalue weighted by Gasteiger charge is -2.18. The van der Waals surface area contributed by atoms with E-state index in [1.807, 2.05) is 32.0 Å². The number of urea groups is 1. The molecule has 1 aromatic rings. The zero-order chi connectivity index (χ0) is 13.7. The number of hydrogen-bond donors (Lipinski definition) is 2. The summed E-state index contributed by atoms with van der Waals surface area (Å²) in [6, 6.07) is 5.37. The first-order valence-electron chi connectivity index (χ1n) is 5.78. The van der Waals surface area contributed by atoms with Crippen molar-refractivity contribution in [3.05, 3.63) is 29.3 Å². The Labute approximate surface area is 106 Å². The molecule has 1 rings (SSSR count). The maximum absolute atomic E-state index is 11.8. The predicted octanol–water partition coefficient (Wildman–Crippen LogP) is 2.11. The van der Waals surface area contributed by atoms with E-state index in [-0.39, 0.29) is 6.54 Å². The molecule has 0 saturated carbocycles. The first-order chi connectivity index (χ1) is 8.45. The normalized spacial score (nSPS) is 9.94. The van der Waals surface area contributed by atoms with Crippen LogP contribution in [0.2, 0.25) is 0 Å². The fraction of sp³-hybridized carbons (Fsp3) is 0.385. The molecule has 0 spiro atoms. The number of aliphatic carboxylic acids is 1. The number of aryl methyl sites for hydroxylation is 2. The number of likely N-dealkylation sites (N-methyl/N-ethyl adjacent to an activating group) is 1. The van der Waals surface area contributed by atoms with Gasteiger partial charge in [-0.15, -0.1) is 0 Å². The second-order valence-corrected chi connectivity index (χ2v) is 4.14. The second-order valence-electron chi connectivity index (χ2n) is 4.14. The van der Waals surface area contributed by atoms with E-state index in [2.05, 4.69) is 5.32 Å². The van der Waals surface area contributed by atoms with Crippen LogP contribution in [0.4, 0.5) is 10.5 Å². The number of carboxylic acid groups (broad SMARTS) is 1. The van der Waals surface area contributed by atoms with Gasteiger partial charge in [-0.1, -0.05) is 25.1 Å². The predicted molar refractivity (Wildman–Crippen MR) is 69.8 cm³/mol. The highest BCUT2D eigenvalue weighted by molar-refractivity contribution is 5.92. The van der Waals surface area contributed by atoms with E-state index in [1.165, 1.54) is 7.05 Å². The molecule has 2 N–H and O–H groups in total. The lowest BCUT2D eigenvalue weighted by molar-refractivity contribution is -0.137. The summed E-state index contributed by atoms with van der Waals surface area (Å²) in [4.78, 5) is 23.5. The quantitative estimate of drug-likeness (QED) is 0.859. The van der Waals surface area contributed by atoms with E-state index in [9.17, 15) is 9.59 Å². The number of amides is 2. The maximum Gasteiger partial charge on any atom is 0.323 e. The standard InChI is InChI=1S/C13H18N2O3/c1-4-10-7-5-6-9(2)12(10)14-13(18)15(3)8-11(16)17/h5-7H,4,8H2,1-3H3,(H,14,18)(H,16,17). The molecule has 0 aromatic heterocycles. The van der Waals surface area contributed by atoms with Crippen LogP contribution in [-0.2, 0) is 11.2 Å². The first kappa shape index (κ1) is 14.0. The SMILES string of the molecule is CCc1cccc(C)c1NC(=O)N(C)CC(=O)O. The Balaban J connectivity index is 2.84. The molecule has 0 radical (unpaired) electrons. The van der Waals surface area contributed by atoms with Gasteiger partial charge in [0.05, 0.1) is 0 Å². The number of nitrogens with one attached hydrogen (secondary N) is 1. The van der Waals surface area contributed by atoms with E-state index in [0.29, 0.717) is 0 Å². The van der Waals surface area contributed by atoms with Crippen LogP contribution in [0.25, 0.3) is 0 Å². The highest BCUT2D eigenvalue weighted by Crippen LogP contribution is 2.21. The Morgan fingerprint density at radius 2 is 2.06 bits per heavy atom. The number of para-hydroxylation sites is 1. The van der Waals surface area contributed by atoms with Gasteiger partial charge in [0.2, 0.25) is 0 Å². The van der Waals surface area contributed by atoms with E-state index in [1.54, 1.807) is 0 Å². The van der Waals surface area contributed by atoms with Gasteiger partial charge in [0.15, 0.2) is 0 Å². The molecule has 18 heavy (non-hydrogen) atoms. The summed E-state index contributed by atoms with van der Waals surface area (Å²) in [7, 11) is 1.45. The maximum atomic E-state index is 11.8. The summed E-state index contributed by atoms with van der Waals surface area (Å²) in [6.07, 6.45) is 0.805. The van der Waals surface area contributed by atoms with E-state index >= 15 is 0 Å². The van der Waals surface area contributed by atoms with Crippen molar-refractivity contribution >= 4 is 17.7 Å². The summed E-state index contributed by atoms with van der Waals surface area (Å²) >= 11 is 0. The molecule has 5 nitrogen and oxygen atoms in total. The van der Waals surface area contributed by atoms with Crippen LogP contribution in [0, 0.1) is 6.92 Å². The summed E-state index contributed by atoms with van der Waals surface area (Å²) < 4.78 is 0. The number of carboxylic acids is 1. The molecule has 0 heterocycles. The van der Waals surface area contributed by atoms with Crippen molar-refractivity contribution in [3.8, 4) is 0 Å². The van der Waals surface area contributed by atoms with Crippen LogP contribution in [0.1, 0.15) is 18.1 Å². The van der Waals surface area contributed by atoms with E-state index in [4.69, 9.17) is 5.11 Å². The minimum atomic E-state index is -1.03. The number of nitrogens with zero attached hydrogens (tertiary/aromatic N) is 1. The minimum Gasteiger partial charge on any atom is -0.480 e. The van der Waals surface area contributed by atoms with Crippen LogP contribution >= 0.6 is 0 Å². The van der Waals surface area contributed by atoms with Crippen LogP contribution in [0.5, 0.6) is 0 Å². The van der Waals surface area contributed by atoms with E-state index < -0.39 is 12.0 Å². The number of carbonyl (C=O) groups excluding carboxylic acids is 1. The molecule has 2 amide bonds. The van der Waals surface area contributed by atoms with Crippen LogP contribution in [-0.4, -0.2) is 35.6 Å². The van der Waals surface area contributed by atoms with Crippen molar-refractivity contribution < 1.29 is 14.7 Å². The molecule has 1 aromatic carbocycles. The molecule has 0 bridgehead atoms. The average molecular weight is 250 g/mol. The van der Waals surface area contributed by atoms with Crippen LogP contribution in [0.15, 0.2) is 18.2 Å². The van der Waals surface area contributed by atoms with Gasteiger partial charge < -0.3 is 15.3 Å². The monoisotopic (exact) mass is 250 g/mol. The molecule has 0 fully saturated rings. The zero-order valence-corrected chi connectivity index (χ0v) is 10.9. The van der Waals surface area contributed by atoms with Gasteiger partial charge in [-0.05, 0) is 24.5 Å². The first-order valence-corrected chi connectivity index (χ1v) is 5.78. The van der Waals surface area contributed by atoms with Gasteiger partial charge in [-0.25, -0.2) is 4.79 Å². The fourth-order valence-corrected chi connectivity index (χ4v) is 1.68. The molecular weight excluding hydrogens is 232 g/mol. The Hall–Kier alpha value is -2.04. The number of carbonyl (C=O) groups is 2. The topological polar surface area (TPSA) is 69.6 Å². The van der Waals surface area contributed by atoms with E-state index in [0.717, 1.165) is 28.1 Å². The van der Waals surface area contributed by atoms with Crippen LogP contribution < -0.4 is 5.32 Å². The molecule has 98 valence electrons. The van der Waals surface area contributed by atoms with Gasteiger partial charge in [-0.2, -0.15) is 0 Å². The van der Waals surface area contributed by atoms with Gasteiger partial charge >= 0.3 is 12.0 Å². The van der Waals surface area contributed by atoms with Crippen molar-refractivity contribution in [2.45, 2.75) is 20.3 Å². The molecule has 0 unspecified atom stereocenters. The second kappa shape index (κ2) is 6.05. The Kier molecular flexibility index (Phi) is 4.71. The van der Waals surface area contributed by atoms with Gasteiger partial charge in [-0.3, -0.25) is 4.79 Å². The smallest absolute Gasteiger partial charge is 0.323 e. The Bertz CT molecular complexity index is 458. The lowest BCUT2D eigenvalue weighted by atomic mass is 10.1. The van der Waals surface area contributed by atoms with Crippen molar-refractivity contribution in [1.82, 2.24) is 4.90 Å². The van der Waals surface area contributed by atoms with Gasteiger partial charge in [0.25, 0.3) is 0 Å². The largest absolute Gasteiger partial charge is 0.480 e. The number of rotatable bonds is 4. The zero-order valence-electron chi connectivity index (χ0n) is 10.9. The summed E-state index contributed by atoms with van der Waals surface area (Å²) in [6.45, 7) is 3.59. The lowest BCUT2D eigenvalue weighted by Crippen LogP contribution is -2.35. The number of benzene rings is 1. The Morgan fingerprint density at radius 3 is 2.61 bits per heavy atom. The third-order valence-electron chi connectivity index (χ3n) is 2.69. The number of hydrogen-bond acceptors (Lipinski definition) is 2. The summed E-state index contributed by atoms with van der Waals surface area (Å²) in [5.41, 5.74) is 2.76. The Morgan fingerprint density at radius 1 is 1.39 bits per heavy atom. The van der Waals surface area contributed by atoms with Crippen molar-refractivity contribution in [2.75, 3.05) is 18.9 Å². The highest BCUT2D eigenvalue weighted by atomic mass is 16.4. The third-order valence-corrected chi connectivity index (χ3v) is 2.69. The highest BCUT2D eigenvalue weighted by Gasteiger charge is 2.14. The molecule has 0 aliphatic carbocycles.